The number of hydrogen-bond donors (Lipinski definition) is 1. The smallest absolute Gasteiger partial charge is 0.263 e. The van der Waals surface area contributed by atoms with E-state index in [-0.39, 0.29) is 32.3 Å². The minimum atomic E-state index is -4.05. The third-order valence-electron chi connectivity index (χ3n) is 4.16. The summed E-state index contributed by atoms with van der Waals surface area (Å²) in [5.41, 5.74) is 1.70. The Bertz CT molecular complexity index is 1160. The Morgan fingerprint density at radius 2 is 1.71 bits per heavy atom. The van der Waals surface area contributed by atoms with Crippen molar-refractivity contribution in [2.24, 2.45) is 0 Å². The van der Waals surface area contributed by atoms with Gasteiger partial charge < -0.3 is 0 Å². The minimum absolute atomic E-state index is 0.0593. The van der Waals surface area contributed by atoms with Gasteiger partial charge in [0.2, 0.25) is 0 Å². The average molecular weight is 463 g/mol. The highest BCUT2D eigenvalue weighted by molar-refractivity contribution is 7.92. The highest BCUT2D eigenvalue weighted by Gasteiger charge is 2.24. The van der Waals surface area contributed by atoms with Crippen LogP contribution < -0.4 is 4.72 Å². The molecule has 0 unspecified atom stereocenters. The average Bonchev–Trinajstić information content (AvgIpc) is 2.87. The van der Waals surface area contributed by atoms with Crippen LogP contribution in [0.3, 0.4) is 0 Å². The fourth-order valence-corrected chi connectivity index (χ4v) is 4.87. The van der Waals surface area contributed by atoms with Crippen molar-refractivity contribution in [2.45, 2.75) is 25.3 Å². The summed E-state index contributed by atoms with van der Waals surface area (Å²) in [5.74, 6) is -0.361. The lowest BCUT2D eigenvalue weighted by atomic mass is 10.2. The molecule has 0 saturated heterocycles. The summed E-state index contributed by atoms with van der Waals surface area (Å²) in [6.45, 7) is 3.50. The quantitative estimate of drug-likeness (QED) is 0.513. The van der Waals surface area contributed by atoms with Crippen molar-refractivity contribution in [3.8, 4) is 0 Å². The van der Waals surface area contributed by atoms with E-state index in [1.807, 2.05) is 0 Å². The summed E-state index contributed by atoms with van der Waals surface area (Å²) in [5, 5.41) is 4.48. The molecule has 0 aliphatic heterocycles. The van der Waals surface area contributed by atoms with E-state index in [4.69, 9.17) is 34.8 Å². The Hall–Kier alpha value is -1.80. The Kier molecular flexibility index (Phi) is 5.91. The van der Waals surface area contributed by atoms with Crippen LogP contribution >= 0.6 is 34.8 Å². The zero-order valence-electron chi connectivity index (χ0n) is 14.8. The molecule has 10 heteroatoms. The Morgan fingerprint density at radius 1 is 1.07 bits per heavy atom. The number of sulfonamides is 1. The minimum Gasteiger partial charge on any atom is -0.276 e. The van der Waals surface area contributed by atoms with Gasteiger partial charge in [0.15, 0.2) is 0 Å². The Morgan fingerprint density at radius 3 is 2.39 bits per heavy atom. The lowest BCUT2D eigenvalue weighted by molar-refractivity contribution is 0.579. The predicted octanol–water partition coefficient (Wildman–Crippen LogP) is 5.45. The summed E-state index contributed by atoms with van der Waals surface area (Å²) in [7, 11) is -4.05. The molecule has 3 aromatic rings. The monoisotopic (exact) mass is 461 g/mol. The molecule has 0 bridgehead atoms. The summed E-state index contributed by atoms with van der Waals surface area (Å²) in [4.78, 5) is -0.204. The van der Waals surface area contributed by atoms with Gasteiger partial charge in [0.25, 0.3) is 10.0 Å². The van der Waals surface area contributed by atoms with E-state index in [2.05, 4.69) is 9.82 Å². The van der Waals surface area contributed by atoms with Crippen LogP contribution in [0.4, 0.5) is 10.1 Å². The van der Waals surface area contributed by atoms with Crippen molar-refractivity contribution in [1.29, 1.82) is 0 Å². The van der Waals surface area contributed by atoms with Crippen LogP contribution in [0.15, 0.2) is 41.3 Å². The highest BCUT2D eigenvalue weighted by atomic mass is 35.5. The molecule has 3 rings (SSSR count). The number of halogens is 4. The molecule has 0 atom stereocenters. The molecule has 1 heterocycles. The molecular weight excluding hydrogens is 448 g/mol. The van der Waals surface area contributed by atoms with Gasteiger partial charge in [-0.2, -0.15) is 5.10 Å². The van der Waals surface area contributed by atoms with Gasteiger partial charge >= 0.3 is 0 Å². The van der Waals surface area contributed by atoms with Crippen LogP contribution in [0.25, 0.3) is 0 Å². The van der Waals surface area contributed by atoms with E-state index in [9.17, 15) is 12.8 Å². The van der Waals surface area contributed by atoms with Crippen LogP contribution in [0.1, 0.15) is 17.0 Å². The SMILES string of the molecule is Cc1nn(Cc2ccccc2F)c(C)c1NS(=O)(=O)c1cc(Cl)c(Cl)cc1Cl. The van der Waals surface area contributed by atoms with Crippen molar-refractivity contribution in [2.75, 3.05) is 4.72 Å². The van der Waals surface area contributed by atoms with Crippen molar-refractivity contribution >= 4 is 50.5 Å². The molecule has 0 saturated carbocycles. The number of benzene rings is 2. The first-order chi connectivity index (χ1) is 13.1. The number of hydrogen-bond acceptors (Lipinski definition) is 3. The number of aryl methyl sites for hydroxylation is 1. The Labute approximate surface area is 177 Å². The number of anilines is 1. The molecule has 0 radical (unpaired) electrons. The topological polar surface area (TPSA) is 64.0 Å². The summed E-state index contributed by atoms with van der Waals surface area (Å²) >= 11 is 17.8. The molecule has 148 valence electrons. The van der Waals surface area contributed by atoms with E-state index in [1.54, 1.807) is 32.0 Å². The molecule has 0 aliphatic carbocycles. The van der Waals surface area contributed by atoms with Crippen LogP contribution in [-0.4, -0.2) is 18.2 Å². The normalized spacial score (nSPS) is 11.6. The van der Waals surface area contributed by atoms with E-state index < -0.39 is 10.0 Å². The third-order valence-corrected chi connectivity index (χ3v) is 6.70. The standard InChI is InChI=1S/C18H15Cl3FN3O2S/c1-10-18(11(2)25(23-10)9-12-5-3-4-6-16(12)22)24-28(26,27)17-8-14(20)13(19)7-15(17)21/h3-8,24H,9H2,1-2H3. The third kappa shape index (κ3) is 4.12. The first-order valence-corrected chi connectivity index (χ1v) is 10.7. The van der Waals surface area contributed by atoms with Gasteiger partial charge in [-0.25, -0.2) is 12.8 Å². The van der Waals surface area contributed by atoms with Crippen LogP contribution in [0, 0.1) is 19.7 Å². The van der Waals surface area contributed by atoms with Crippen molar-refractivity contribution in [3.05, 3.63) is 74.2 Å². The molecule has 2 aromatic carbocycles. The lowest BCUT2D eigenvalue weighted by Crippen LogP contribution is -2.15. The van der Waals surface area contributed by atoms with Crippen molar-refractivity contribution in [1.82, 2.24) is 9.78 Å². The van der Waals surface area contributed by atoms with E-state index in [0.717, 1.165) is 0 Å². The molecule has 5 nitrogen and oxygen atoms in total. The fraction of sp³-hybridized carbons (Fsp3) is 0.167. The van der Waals surface area contributed by atoms with Gasteiger partial charge in [-0.3, -0.25) is 9.40 Å². The maximum atomic E-state index is 13.9. The molecule has 1 aromatic heterocycles. The van der Waals surface area contributed by atoms with Gasteiger partial charge in [0.1, 0.15) is 10.7 Å². The molecule has 0 amide bonds. The van der Waals surface area contributed by atoms with Gasteiger partial charge in [-0.1, -0.05) is 53.0 Å². The predicted molar refractivity (Wildman–Crippen MR) is 109 cm³/mol. The van der Waals surface area contributed by atoms with Crippen LogP contribution in [0.5, 0.6) is 0 Å². The zero-order chi connectivity index (χ0) is 20.6. The summed E-state index contributed by atoms with van der Waals surface area (Å²) < 4.78 is 43.6. The van der Waals surface area contributed by atoms with E-state index in [1.165, 1.54) is 22.9 Å². The fourth-order valence-electron chi connectivity index (χ4n) is 2.69. The van der Waals surface area contributed by atoms with Gasteiger partial charge in [0, 0.05) is 5.56 Å². The molecule has 0 fully saturated rings. The van der Waals surface area contributed by atoms with Crippen molar-refractivity contribution in [3.63, 3.8) is 0 Å². The summed E-state index contributed by atoms with van der Waals surface area (Å²) in [6.07, 6.45) is 0. The first kappa shape index (κ1) is 20.9. The maximum Gasteiger partial charge on any atom is 0.263 e. The van der Waals surface area contributed by atoms with Gasteiger partial charge in [0.05, 0.1) is 38.7 Å². The first-order valence-electron chi connectivity index (χ1n) is 8.05. The molecule has 1 N–H and O–H groups in total. The number of nitrogens with zero attached hydrogens (tertiary/aromatic N) is 2. The molecule has 0 spiro atoms. The van der Waals surface area contributed by atoms with Crippen molar-refractivity contribution < 1.29 is 12.8 Å². The van der Waals surface area contributed by atoms with Crippen LogP contribution in [-0.2, 0) is 16.6 Å². The second-order valence-corrected chi connectivity index (χ2v) is 8.97. The molecule has 28 heavy (non-hydrogen) atoms. The zero-order valence-corrected chi connectivity index (χ0v) is 17.9. The Balaban J connectivity index is 1.96. The lowest BCUT2D eigenvalue weighted by Gasteiger charge is -2.11. The number of aromatic nitrogens is 2. The summed E-state index contributed by atoms with van der Waals surface area (Å²) in [6, 6.07) is 8.77. The van der Waals surface area contributed by atoms with E-state index in [0.29, 0.717) is 22.6 Å². The molecule has 0 aliphatic rings. The molecular formula is C18H15Cl3FN3O2S. The highest BCUT2D eigenvalue weighted by Crippen LogP contribution is 2.33. The number of rotatable bonds is 5. The van der Waals surface area contributed by atoms with Crippen LogP contribution in [0.2, 0.25) is 15.1 Å². The van der Waals surface area contributed by atoms with Gasteiger partial charge in [-0.05, 0) is 32.0 Å². The maximum absolute atomic E-state index is 13.9. The number of nitrogens with one attached hydrogen (secondary N) is 1. The second kappa shape index (κ2) is 7.91. The second-order valence-electron chi connectivity index (χ2n) is 6.10. The largest absolute Gasteiger partial charge is 0.276 e. The van der Waals surface area contributed by atoms with Gasteiger partial charge in [-0.15, -0.1) is 0 Å². The van der Waals surface area contributed by atoms with E-state index >= 15 is 0 Å².